The van der Waals surface area contributed by atoms with Gasteiger partial charge in [0.15, 0.2) is 0 Å². The molecule has 2 bridgehead atoms. The largest absolute Gasteiger partial charge is 0.384 e. The fourth-order valence-electron chi connectivity index (χ4n) is 4.24. The minimum atomic E-state index is 0.563. The van der Waals surface area contributed by atoms with Crippen molar-refractivity contribution in [2.45, 2.75) is 44.4 Å². The van der Waals surface area contributed by atoms with Crippen LogP contribution >= 0.6 is 0 Å². The van der Waals surface area contributed by atoms with Crippen LogP contribution in [0.5, 0.6) is 0 Å². The molecule has 4 rings (SSSR count). The third kappa shape index (κ3) is 2.25. The Morgan fingerprint density at radius 3 is 2.70 bits per heavy atom. The summed E-state index contributed by atoms with van der Waals surface area (Å²) in [6.45, 7) is 1.13. The minimum absolute atomic E-state index is 0.563. The van der Waals surface area contributed by atoms with Crippen molar-refractivity contribution in [3.05, 3.63) is 11.9 Å². The van der Waals surface area contributed by atoms with E-state index in [-0.39, 0.29) is 0 Å². The van der Waals surface area contributed by atoms with Gasteiger partial charge in [-0.3, -0.25) is 0 Å². The van der Waals surface area contributed by atoms with Gasteiger partial charge in [-0.15, -0.1) is 0 Å². The molecule has 4 heteroatoms. The van der Waals surface area contributed by atoms with Gasteiger partial charge in [0, 0.05) is 25.6 Å². The van der Waals surface area contributed by atoms with Crippen LogP contribution in [0.3, 0.4) is 0 Å². The van der Waals surface area contributed by atoms with Crippen molar-refractivity contribution in [2.24, 2.45) is 17.8 Å². The lowest BCUT2D eigenvalue weighted by Gasteiger charge is -2.28. The summed E-state index contributed by atoms with van der Waals surface area (Å²) in [7, 11) is 2.16. The molecule has 0 aliphatic heterocycles. The highest BCUT2D eigenvalue weighted by Gasteiger charge is 2.39. The molecule has 3 aliphatic carbocycles. The van der Waals surface area contributed by atoms with Crippen LogP contribution in [0.1, 0.15) is 50.3 Å². The molecule has 0 spiro atoms. The summed E-state index contributed by atoms with van der Waals surface area (Å²) in [6.07, 6.45) is 8.25. The number of fused-ring (bicyclic) bond motifs is 2. The molecule has 20 heavy (non-hydrogen) atoms. The number of anilines is 2. The SMILES string of the molecule is CN(CC1CC2CCC1C2)c1cc(N)nc(C2CC2)n1. The Morgan fingerprint density at radius 2 is 2.05 bits per heavy atom. The maximum absolute atomic E-state index is 5.95. The topological polar surface area (TPSA) is 55.0 Å². The van der Waals surface area contributed by atoms with E-state index in [9.17, 15) is 0 Å². The maximum Gasteiger partial charge on any atom is 0.136 e. The minimum Gasteiger partial charge on any atom is -0.384 e. The van der Waals surface area contributed by atoms with E-state index in [1.54, 1.807) is 0 Å². The van der Waals surface area contributed by atoms with Gasteiger partial charge >= 0.3 is 0 Å². The smallest absolute Gasteiger partial charge is 0.136 e. The van der Waals surface area contributed by atoms with Crippen molar-refractivity contribution in [2.75, 3.05) is 24.2 Å². The zero-order valence-electron chi connectivity index (χ0n) is 12.3. The average Bonchev–Trinajstić information content (AvgIpc) is 3.09. The van der Waals surface area contributed by atoms with Crippen LogP contribution < -0.4 is 10.6 Å². The Balaban J connectivity index is 1.48. The molecule has 4 nitrogen and oxygen atoms in total. The third-order valence-electron chi connectivity index (χ3n) is 5.48. The second-order valence-corrected chi connectivity index (χ2v) is 7.10. The Morgan fingerprint density at radius 1 is 1.20 bits per heavy atom. The molecule has 1 aromatic heterocycles. The first-order chi connectivity index (χ1) is 9.69. The molecule has 0 aromatic carbocycles. The lowest BCUT2D eigenvalue weighted by atomic mass is 9.88. The molecule has 1 heterocycles. The van der Waals surface area contributed by atoms with Crippen LogP contribution in [0.15, 0.2) is 6.07 Å². The van der Waals surface area contributed by atoms with Gasteiger partial charge in [-0.2, -0.15) is 0 Å². The van der Waals surface area contributed by atoms with Crippen molar-refractivity contribution >= 4 is 11.6 Å². The van der Waals surface area contributed by atoms with E-state index in [0.717, 1.165) is 35.9 Å². The summed E-state index contributed by atoms with van der Waals surface area (Å²) in [5.41, 5.74) is 5.95. The van der Waals surface area contributed by atoms with Gasteiger partial charge in [0.25, 0.3) is 0 Å². The maximum atomic E-state index is 5.95. The van der Waals surface area contributed by atoms with E-state index in [1.165, 1.54) is 38.5 Å². The first-order valence-electron chi connectivity index (χ1n) is 8.04. The zero-order chi connectivity index (χ0) is 13.7. The standard InChI is InChI=1S/C16H24N4/c1-20(9-13-7-10-2-3-12(13)6-10)15-8-14(17)18-16(19-15)11-4-5-11/h8,10-13H,2-7,9H2,1H3,(H2,17,18,19). The normalized spacial score (nSPS) is 31.8. The molecule has 0 amide bonds. The molecule has 3 fully saturated rings. The number of hydrogen-bond acceptors (Lipinski definition) is 4. The van der Waals surface area contributed by atoms with E-state index in [1.807, 2.05) is 6.07 Å². The number of rotatable bonds is 4. The molecule has 3 aliphatic rings. The molecule has 2 N–H and O–H groups in total. The van der Waals surface area contributed by atoms with Gasteiger partial charge in [-0.25, -0.2) is 9.97 Å². The lowest BCUT2D eigenvalue weighted by molar-refractivity contribution is 0.337. The molecule has 3 unspecified atom stereocenters. The van der Waals surface area contributed by atoms with Crippen molar-refractivity contribution in [1.29, 1.82) is 0 Å². The average molecular weight is 272 g/mol. The summed E-state index contributed by atoms with van der Waals surface area (Å²) >= 11 is 0. The van der Waals surface area contributed by atoms with E-state index < -0.39 is 0 Å². The van der Waals surface area contributed by atoms with Crippen molar-refractivity contribution < 1.29 is 0 Å². The summed E-state index contributed by atoms with van der Waals surface area (Å²) < 4.78 is 0. The Hall–Kier alpha value is -1.32. The highest BCUT2D eigenvalue weighted by molar-refractivity contribution is 5.47. The predicted molar refractivity (Wildman–Crippen MR) is 80.6 cm³/mol. The Kier molecular flexibility index (Phi) is 2.86. The summed E-state index contributed by atoms with van der Waals surface area (Å²) in [6, 6.07) is 1.93. The Labute approximate surface area is 120 Å². The molecule has 1 aromatic rings. The van der Waals surface area contributed by atoms with Crippen molar-refractivity contribution in [1.82, 2.24) is 9.97 Å². The monoisotopic (exact) mass is 272 g/mol. The first-order valence-corrected chi connectivity index (χ1v) is 8.04. The highest BCUT2D eigenvalue weighted by Crippen LogP contribution is 2.48. The van der Waals surface area contributed by atoms with E-state index >= 15 is 0 Å². The van der Waals surface area contributed by atoms with Gasteiger partial charge in [-0.05, 0) is 49.9 Å². The molecular weight excluding hydrogens is 248 g/mol. The number of nitrogens with zero attached hydrogens (tertiary/aromatic N) is 3. The predicted octanol–water partition coefficient (Wildman–Crippen LogP) is 2.81. The Bertz CT molecular complexity index is 511. The van der Waals surface area contributed by atoms with Gasteiger partial charge in [0.1, 0.15) is 17.5 Å². The van der Waals surface area contributed by atoms with Crippen molar-refractivity contribution in [3.8, 4) is 0 Å². The number of hydrogen-bond donors (Lipinski definition) is 1. The molecule has 3 atom stereocenters. The summed E-state index contributed by atoms with van der Waals surface area (Å²) in [5.74, 6) is 5.99. The van der Waals surface area contributed by atoms with Gasteiger partial charge < -0.3 is 10.6 Å². The molecule has 108 valence electrons. The van der Waals surface area contributed by atoms with Crippen molar-refractivity contribution in [3.63, 3.8) is 0 Å². The zero-order valence-corrected chi connectivity index (χ0v) is 12.3. The van der Waals surface area contributed by atoms with Gasteiger partial charge in [-0.1, -0.05) is 6.42 Å². The molecule has 0 saturated heterocycles. The first kappa shape index (κ1) is 12.4. The molecule has 0 radical (unpaired) electrons. The summed E-state index contributed by atoms with van der Waals surface area (Å²) in [5, 5.41) is 0. The number of nitrogens with two attached hydrogens (primary N) is 1. The van der Waals surface area contributed by atoms with E-state index in [2.05, 4.69) is 16.9 Å². The highest BCUT2D eigenvalue weighted by atomic mass is 15.2. The quantitative estimate of drug-likeness (QED) is 0.915. The number of aromatic nitrogens is 2. The van der Waals surface area contributed by atoms with E-state index in [0.29, 0.717) is 11.7 Å². The van der Waals surface area contributed by atoms with Crippen LogP contribution in [0.2, 0.25) is 0 Å². The summed E-state index contributed by atoms with van der Waals surface area (Å²) in [4.78, 5) is 11.4. The van der Waals surface area contributed by atoms with Gasteiger partial charge in [0.05, 0.1) is 0 Å². The fourth-order valence-corrected chi connectivity index (χ4v) is 4.24. The van der Waals surface area contributed by atoms with Gasteiger partial charge in [0.2, 0.25) is 0 Å². The van der Waals surface area contributed by atoms with Crippen LogP contribution in [0.4, 0.5) is 11.6 Å². The molecular formula is C16H24N4. The van der Waals surface area contributed by atoms with Crippen LogP contribution in [0.25, 0.3) is 0 Å². The van der Waals surface area contributed by atoms with Crippen LogP contribution in [0, 0.1) is 17.8 Å². The van der Waals surface area contributed by atoms with Crippen LogP contribution in [-0.2, 0) is 0 Å². The number of nitrogen functional groups attached to an aromatic ring is 1. The second kappa shape index (κ2) is 4.61. The fraction of sp³-hybridized carbons (Fsp3) is 0.750. The third-order valence-corrected chi connectivity index (χ3v) is 5.48. The van der Waals surface area contributed by atoms with Crippen LogP contribution in [-0.4, -0.2) is 23.6 Å². The molecule has 3 saturated carbocycles. The van der Waals surface area contributed by atoms with E-state index in [4.69, 9.17) is 10.7 Å². The lowest BCUT2D eigenvalue weighted by Crippen LogP contribution is -2.29. The second-order valence-electron chi connectivity index (χ2n) is 7.10.